The van der Waals surface area contributed by atoms with Crippen molar-refractivity contribution in [3.8, 4) is 5.69 Å². The summed E-state index contributed by atoms with van der Waals surface area (Å²) in [6, 6.07) is 13.9. The molecule has 4 rings (SSSR count). The average molecular weight is 399 g/mol. The minimum Gasteiger partial charge on any atom is -0.369 e. The number of nitrogens with two attached hydrogens (primary N) is 1. The van der Waals surface area contributed by atoms with Crippen molar-refractivity contribution in [2.45, 2.75) is 13.0 Å². The third kappa shape index (κ3) is 3.66. The average Bonchev–Trinajstić information content (AvgIpc) is 3.15. The van der Waals surface area contributed by atoms with E-state index in [9.17, 15) is 9.18 Å². The summed E-state index contributed by atoms with van der Waals surface area (Å²) in [5.74, 6) is -0.612. The smallest absolute Gasteiger partial charge is 0.226 e. The summed E-state index contributed by atoms with van der Waals surface area (Å²) in [7, 11) is 0. The molecule has 5 nitrogen and oxygen atoms in total. The Morgan fingerprint density at radius 3 is 2.61 bits per heavy atom. The van der Waals surface area contributed by atoms with E-state index in [0.717, 1.165) is 16.8 Å². The molecule has 1 amide bonds. The number of hydrogen-bond donors (Lipinski definition) is 1. The topological polar surface area (TPSA) is 64.2 Å². The minimum atomic E-state index is -0.618. The fourth-order valence-corrected chi connectivity index (χ4v) is 3.95. The molecule has 0 saturated carbocycles. The van der Waals surface area contributed by atoms with Crippen LogP contribution in [0.3, 0.4) is 0 Å². The van der Waals surface area contributed by atoms with Gasteiger partial charge >= 0.3 is 0 Å². The van der Waals surface area contributed by atoms with Crippen molar-refractivity contribution in [3.05, 3.63) is 82.9 Å². The Bertz CT molecular complexity index is 982. The van der Waals surface area contributed by atoms with Gasteiger partial charge in [-0.15, -0.1) is 0 Å². The Hall–Kier alpha value is -2.70. The fraction of sp³-hybridized carbons (Fsp3) is 0.238. The molecule has 0 radical (unpaired) electrons. The molecule has 0 unspecified atom stereocenters. The molecule has 2 heterocycles. The van der Waals surface area contributed by atoms with Crippen LogP contribution in [0.4, 0.5) is 4.39 Å². The van der Waals surface area contributed by atoms with Crippen molar-refractivity contribution in [2.24, 2.45) is 11.1 Å². The molecule has 0 bridgehead atoms. The SMILES string of the molecule is NC(=O)C1(Cc2ccc(Cl)cc2)CN(Cc2cc(F)ccc2-n2cccn2)C1. The Labute approximate surface area is 167 Å². The molecule has 0 atom stereocenters. The Balaban J connectivity index is 1.50. The first-order valence-corrected chi connectivity index (χ1v) is 9.38. The van der Waals surface area contributed by atoms with Crippen molar-refractivity contribution < 1.29 is 9.18 Å². The monoisotopic (exact) mass is 398 g/mol. The number of hydrogen-bond acceptors (Lipinski definition) is 3. The number of amides is 1. The molecule has 144 valence electrons. The molecule has 1 aromatic heterocycles. The molecular weight excluding hydrogens is 379 g/mol. The number of rotatable bonds is 6. The van der Waals surface area contributed by atoms with Gasteiger partial charge in [0, 0.05) is 37.1 Å². The first-order chi connectivity index (χ1) is 13.4. The highest BCUT2D eigenvalue weighted by atomic mass is 35.5. The second kappa shape index (κ2) is 7.37. The molecule has 1 aliphatic heterocycles. The lowest BCUT2D eigenvalue weighted by Gasteiger charge is -2.48. The normalized spacial score (nSPS) is 15.9. The van der Waals surface area contributed by atoms with Gasteiger partial charge in [-0.1, -0.05) is 23.7 Å². The molecule has 7 heteroatoms. The minimum absolute atomic E-state index is 0.297. The van der Waals surface area contributed by atoms with Gasteiger partial charge in [-0.05, 0) is 53.9 Å². The number of aromatic nitrogens is 2. The maximum absolute atomic E-state index is 13.8. The van der Waals surface area contributed by atoms with Crippen LogP contribution in [-0.4, -0.2) is 33.7 Å². The first-order valence-electron chi connectivity index (χ1n) is 9.00. The molecule has 1 aliphatic rings. The number of carbonyl (C=O) groups is 1. The molecular formula is C21H20ClFN4O. The molecule has 1 fully saturated rings. The summed E-state index contributed by atoms with van der Waals surface area (Å²) < 4.78 is 15.5. The number of nitrogens with zero attached hydrogens (tertiary/aromatic N) is 3. The maximum Gasteiger partial charge on any atom is 0.226 e. The summed E-state index contributed by atoms with van der Waals surface area (Å²) in [5, 5.41) is 4.90. The van der Waals surface area contributed by atoms with Crippen molar-refractivity contribution in [2.75, 3.05) is 13.1 Å². The highest BCUT2D eigenvalue weighted by molar-refractivity contribution is 6.30. The molecule has 1 saturated heterocycles. The van der Waals surface area contributed by atoms with E-state index in [2.05, 4.69) is 10.00 Å². The second-order valence-corrected chi connectivity index (χ2v) is 7.75. The van der Waals surface area contributed by atoms with Gasteiger partial charge in [0.2, 0.25) is 5.91 Å². The Morgan fingerprint density at radius 2 is 1.96 bits per heavy atom. The number of primary amides is 1. The molecule has 3 aromatic rings. The molecule has 0 aliphatic carbocycles. The lowest BCUT2D eigenvalue weighted by molar-refractivity contribution is -0.138. The van der Waals surface area contributed by atoms with Crippen molar-refractivity contribution in [3.63, 3.8) is 0 Å². The van der Waals surface area contributed by atoms with Crippen LogP contribution in [0.5, 0.6) is 0 Å². The van der Waals surface area contributed by atoms with Crippen LogP contribution in [0.15, 0.2) is 60.9 Å². The third-order valence-corrected chi connectivity index (χ3v) is 5.47. The van der Waals surface area contributed by atoms with Gasteiger partial charge in [0.25, 0.3) is 0 Å². The van der Waals surface area contributed by atoms with Gasteiger partial charge in [-0.2, -0.15) is 5.10 Å². The standard InChI is InChI=1S/C21H20ClFN4O/c22-17-4-2-15(3-5-17)11-21(20(24)28)13-26(14-21)12-16-10-18(23)6-7-19(16)27-9-1-8-25-27/h1-10H,11-14H2,(H2,24,28). The summed E-state index contributed by atoms with van der Waals surface area (Å²) >= 11 is 5.94. The highest BCUT2D eigenvalue weighted by Gasteiger charge is 2.47. The predicted molar refractivity (Wildman–Crippen MR) is 106 cm³/mol. The zero-order valence-electron chi connectivity index (χ0n) is 15.2. The van der Waals surface area contributed by atoms with E-state index in [4.69, 9.17) is 17.3 Å². The largest absolute Gasteiger partial charge is 0.369 e. The van der Waals surface area contributed by atoms with E-state index in [-0.39, 0.29) is 11.7 Å². The third-order valence-electron chi connectivity index (χ3n) is 5.22. The van der Waals surface area contributed by atoms with Gasteiger partial charge in [0.05, 0.1) is 11.1 Å². The zero-order chi connectivity index (χ0) is 19.7. The van der Waals surface area contributed by atoms with Crippen LogP contribution in [0.25, 0.3) is 5.69 Å². The lowest BCUT2D eigenvalue weighted by atomic mass is 9.74. The van der Waals surface area contributed by atoms with Crippen LogP contribution in [0.2, 0.25) is 5.02 Å². The quantitative estimate of drug-likeness (QED) is 0.693. The summed E-state index contributed by atoms with van der Waals surface area (Å²) in [5.41, 5.74) is 7.77. The van der Waals surface area contributed by atoms with E-state index >= 15 is 0 Å². The van der Waals surface area contributed by atoms with Crippen LogP contribution in [-0.2, 0) is 17.8 Å². The summed E-state index contributed by atoms with van der Waals surface area (Å²) in [6.07, 6.45) is 4.06. The number of benzene rings is 2. The Morgan fingerprint density at radius 1 is 1.21 bits per heavy atom. The van der Waals surface area contributed by atoms with Crippen LogP contribution in [0.1, 0.15) is 11.1 Å². The summed E-state index contributed by atoms with van der Waals surface area (Å²) in [4.78, 5) is 14.3. The molecule has 0 spiro atoms. The van der Waals surface area contributed by atoms with Gasteiger partial charge in [0.1, 0.15) is 5.82 Å². The molecule has 2 aromatic carbocycles. The number of carbonyl (C=O) groups excluding carboxylic acids is 1. The van der Waals surface area contributed by atoms with E-state index < -0.39 is 5.41 Å². The van der Waals surface area contributed by atoms with Crippen molar-refractivity contribution >= 4 is 17.5 Å². The Kier molecular flexibility index (Phi) is 4.91. The number of likely N-dealkylation sites (tertiary alicyclic amines) is 1. The summed E-state index contributed by atoms with van der Waals surface area (Å²) in [6.45, 7) is 1.57. The van der Waals surface area contributed by atoms with Gasteiger partial charge in [0.15, 0.2) is 0 Å². The van der Waals surface area contributed by atoms with E-state index in [1.54, 1.807) is 16.9 Å². The number of halogens is 2. The van der Waals surface area contributed by atoms with Crippen molar-refractivity contribution in [1.82, 2.24) is 14.7 Å². The van der Waals surface area contributed by atoms with E-state index in [0.29, 0.717) is 31.1 Å². The first kappa shape index (κ1) is 18.7. The van der Waals surface area contributed by atoms with E-state index in [1.807, 2.05) is 36.5 Å². The van der Waals surface area contributed by atoms with Crippen LogP contribution in [0, 0.1) is 11.2 Å². The second-order valence-electron chi connectivity index (χ2n) is 7.32. The van der Waals surface area contributed by atoms with Gasteiger partial charge in [-0.25, -0.2) is 9.07 Å². The predicted octanol–water partition coefficient (Wildman–Crippen LogP) is 3.19. The zero-order valence-corrected chi connectivity index (χ0v) is 15.9. The molecule has 28 heavy (non-hydrogen) atoms. The highest BCUT2D eigenvalue weighted by Crippen LogP contribution is 2.36. The van der Waals surface area contributed by atoms with Gasteiger partial charge in [-0.3, -0.25) is 9.69 Å². The van der Waals surface area contributed by atoms with E-state index in [1.165, 1.54) is 12.1 Å². The van der Waals surface area contributed by atoms with Crippen LogP contribution >= 0.6 is 11.6 Å². The van der Waals surface area contributed by atoms with Gasteiger partial charge < -0.3 is 5.73 Å². The lowest BCUT2D eigenvalue weighted by Crippen LogP contribution is -2.63. The maximum atomic E-state index is 13.8. The molecule has 2 N–H and O–H groups in total. The van der Waals surface area contributed by atoms with Crippen molar-refractivity contribution in [1.29, 1.82) is 0 Å². The van der Waals surface area contributed by atoms with Crippen LogP contribution < -0.4 is 5.73 Å². The fourth-order valence-electron chi connectivity index (χ4n) is 3.83.